The van der Waals surface area contributed by atoms with Gasteiger partial charge >= 0.3 is 0 Å². The quantitative estimate of drug-likeness (QED) is 0.793. The lowest BCUT2D eigenvalue weighted by atomic mass is 10.2. The Bertz CT molecular complexity index is 387. The molecule has 0 aromatic heterocycles. The van der Waals surface area contributed by atoms with E-state index in [0.29, 0.717) is 22.9 Å². The number of halogens is 1. The van der Waals surface area contributed by atoms with E-state index in [-0.39, 0.29) is 6.10 Å². The van der Waals surface area contributed by atoms with Crippen molar-refractivity contribution in [3.05, 3.63) is 28.8 Å². The molecule has 0 aliphatic heterocycles. The molecule has 0 radical (unpaired) electrons. The van der Waals surface area contributed by atoms with E-state index in [1.165, 1.54) is 0 Å². The number of methoxy groups -OCH3 is 1. The predicted octanol–water partition coefficient (Wildman–Crippen LogP) is 3.02. The van der Waals surface area contributed by atoms with Gasteiger partial charge in [-0.05, 0) is 19.1 Å². The third-order valence-electron chi connectivity index (χ3n) is 2.13. The molecule has 0 saturated carbocycles. The smallest absolute Gasteiger partial charge is 0.121 e. The van der Waals surface area contributed by atoms with E-state index in [4.69, 9.17) is 26.3 Å². The minimum atomic E-state index is 0.0592. The number of nitrogens with zero attached hydrogens (tertiary/aromatic N) is 1. The van der Waals surface area contributed by atoms with Crippen molar-refractivity contribution in [2.45, 2.75) is 19.4 Å². The van der Waals surface area contributed by atoms with Gasteiger partial charge in [0.05, 0.1) is 16.7 Å². The molecule has 0 aliphatic carbocycles. The van der Waals surface area contributed by atoms with Crippen molar-refractivity contribution in [2.24, 2.45) is 0 Å². The lowest BCUT2D eigenvalue weighted by Gasteiger charge is -2.14. The van der Waals surface area contributed by atoms with Crippen molar-refractivity contribution in [1.82, 2.24) is 0 Å². The molecule has 1 rings (SSSR count). The lowest BCUT2D eigenvalue weighted by Crippen LogP contribution is -2.14. The summed E-state index contributed by atoms with van der Waals surface area (Å²) in [5, 5.41) is 9.13. The molecule has 86 valence electrons. The summed E-state index contributed by atoms with van der Waals surface area (Å²) in [5.74, 6) is 0.674. The van der Waals surface area contributed by atoms with E-state index >= 15 is 0 Å². The van der Waals surface area contributed by atoms with Crippen molar-refractivity contribution >= 4 is 11.6 Å². The van der Waals surface area contributed by atoms with E-state index in [9.17, 15) is 0 Å². The van der Waals surface area contributed by atoms with Gasteiger partial charge in [0.25, 0.3) is 0 Å². The van der Waals surface area contributed by atoms with Crippen molar-refractivity contribution in [2.75, 3.05) is 13.7 Å². The largest absolute Gasteiger partial charge is 0.491 e. The second-order valence-electron chi connectivity index (χ2n) is 3.46. The molecule has 1 unspecified atom stereocenters. The summed E-state index contributed by atoms with van der Waals surface area (Å²) in [6.45, 7) is 2.62. The maximum atomic E-state index is 8.72. The first-order chi connectivity index (χ1) is 7.67. The molecule has 0 spiro atoms. The van der Waals surface area contributed by atoms with Gasteiger partial charge in [-0.3, -0.25) is 0 Å². The molecule has 1 aromatic carbocycles. The number of benzene rings is 1. The fraction of sp³-hybridized carbons (Fsp3) is 0.417. The summed E-state index contributed by atoms with van der Waals surface area (Å²) >= 11 is 5.89. The highest BCUT2D eigenvalue weighted by atomic mass is 35.5. The monoisotopic (exact) mass is 239 g/mol. The van der Waals surface area contributed by atoms with Crippen molar-refractivity contribution in [1.29, 1.82) is 5.26 Å². The van der Waals surface area contributed by atoms with Crippen LogP contribution in [0.3, 0.4) is 0 Å². The highest BCUT2D eigenvalue weighted by Gasteiger charge is 2.06. The Kier molecular flexibility index (Phi) is 5.10. The molecule has 4 heteroatoms. The van der Waals surface area contributed by atoms with Crippen LogP contribution in [-0.4, -0.2) is 19.8 Å². The van der Waals surface area contributed by atoms with Crippen LogP contribution in [0, 0.1) is 11.3 Å². The fourth-order valence-corrected chi connectivity index (χ4v) is 1.45. The highest BCUT2D eigenvalue weighted by molar-refractivity contribution is 6.31. The summed E-state index contributed by atoms with van der Waals surface area (Å²) in [4.78, 5) is 0. The zero-order chi connectivity index (χ0) is 12.0. The van der Waals surface area contributed by atoms with Gasteiger partial charge in [0.1, 0.15) is 11.8 Å². The van der Waals surface area contributed by atoms with Gasteiger partial charge in [0, 0.05) is 26.2 Å². The Labute approximate surface area is 101 Å². The molecule has 1 atom stereocenters. The lowest BCUT2D eigenvalue weighted by molar-refractivity contribution is 0.135. The number of hydrogen-bond acceptors (Lipinski definition) is 3. The molecular weight excluding hydrogens is 226 g/mol. The molecule has 3 nitrogen and oxygen atoms in total. The maximum Gasteiger partial charge on any atom is 0.121 e. The Hall–Kier alpha value is -1.24. The minimum Gasteiger partial charge on any atom is -0.491 e. The van der Waals surface area contributed by atoms with Crippen LogP contribution in [-0.2, 0) is 4.74 Å². The Balaban J connectivity index is 2.61. The molecule has 0 amide bonds. The van der Waals surface area contributed by atoms with E-state index in [1.54, 1.807) is 25.3 Å². The molecule has 0 aliphatic rings. The average Bonchev–Trinajstić information content (AvgIpc) is 2.26. The summed E-state index contributed by atoms with van der Waals surface area (Å²) < 4.78 is 10.6. The summed E-state index contributed by atoms with van der Waals surface area (Å²) in [7, 11) is 1.66. The van der Waals surface area contributed by atoms with E-state index in [2.05, 4.69) is 0 Å². The molecule has 16 heavy (non-hydrogen) atoms. The van der Waals surface area contributed by atoms with Crippen LogP contribution in [0.25, 0.3) is 0 Å². The van der Waals surface area contributed by atoms with Gasteiger partial charge in [-0.2, -0.15) is 5.26 Å². The molecule has 1 aromatic rings. The van der Waals surface area contributed by atoms with Gasteiger partial charge < -0.3 is 9.47 Å². The van der Waals surface area contributed by atoms with E-state index in [1.807, 2.05) is 13.0 Å². The third-order valence-corrected chi connectivity index (χ3v) is 2.44. The second kappa shape index (κ2) is 6.37. The van der Waals surface area contributed by atoms with Crippen LogP contribution in [0.5, 0.6) is 5.75 Å². The van der Waals surface area contributed by atoms with Crippen LogP contribution < -0.4 is 4.74 Å². The topological polar surface area (TPSA) is 42.2 Å². The predicted molar refractivity (Wildman–Crippen MR) is 62.8 cm³/mol. The van der Waals surface area contributed by atoms with Crippen LogP contribution >= 0.6 is 11.6 Å². The molecule has 0 fully saturated rings. The van der Waals surface area contributed by atoms with E-state index in [0.717, 1.165) is 6.42 Å². The zero-order valence-electron chi connectivity index (χ0n) is 9.37. The number of nitriles is 1. The van der Waals surface area contributed by atoms with Gasteiger partial charge in [-0.25, -0.2) is 0 Å². The summed E-state index contributed by atoms with van der Waals surface area (Å²) in [5.41, 5.74) is 0.457. The first-order valence-electron chi connectivity index (χ1n) is 5.02. The fourth-order valence-electron chi connectivity index (χ4n) is 1.23. The summed E-state index contributed by atoms with van der Waals surface area (Å²) in [6, 6.07) is 7.06. The molecular formula is C12H14ClNO2. The van der Waals surface area contributed by atoms with Gasteiger partial charge in [-0.15, -0.1) is 0 Å². The number of ether oxygens (including phenoxy) is 2. The second-order valence-corrected chi connectivity index (χ2v) is 3.87. The Morgan fingerprint density at radius 1 is 1.50 bits per heavy atom. The van der Waals surface area contributed by atoms with Crippen LogP contribution in [0.1, 0.15) is 18.9 Å². The van der Waals surface area contributed by atoms with Crippen LogP contribution in [0.4, 0.5) is 0 Å². The molecule has 0 N–H and O–H groups in total. The molecule has 0 bridgehead atoms. The SMILES string of the molecule is COCCC(C)Oc1ccc(C#N)c(Cl)c1. The molecule has 0 saturated heterocycles. The third kappa shape index (κ3) is 3.73. The standard InChI is InChI=1S/C12H14ClNO2/c1-9(5-6-15-2)16-11-4-3-10(8-14)12(13)7-11/h3-4,7,9H,5-6H2,1-2H3. The maximum absolute atomic E-state index is 8.72. The van der Waals surface area contributed by atoms with Gasteiger partial charge in [-0.1, -0.05) is 11.6 Å². The zero-order valence-corrected chi connectivity index (χ0v) is 10.1. The Morgan fingerprint density at radius 3 is 2.81 bits per heavy atom. The first-order valence-corrected chi connectivity index (χ1v) is 5.40. The van der Waals surface area contributed by atoms with Gasteiger partial charge in [0.15, 0.2) is 0 Å². The number of rotatable bonds is 5. The molecule has 0 heterocycles. The van der Waals surface area contributed by atoms with Crippen LogP contribution in [0.2, 0.25) is 5.02 Å². The normalized spacial score (nSPS) is 11.9. The summed E-state index contributed by atoms with van der Waals surface area (Å²) in [6.07, 6.45) is 0.873. The minimum absolute atomic E-state index is 0.0592. The Morgan fingerprint density at radius 2 is 2.25 bits per heavy atom. The first kappa shape index (κ1) is 12.8. The van der Waals surface area contributed by atoms with Crippen molar-refractivity contribution < 1.29 is 9.47 Å². The van der Waals surface area contributed by atoms with Gasteiger partial charge in [0.2, 0.25) is 0 Å². The van der Waals surface area contributed by atoms with E-state index < -0.39 is 0 Å². The van der Waals surface area contributed by atoms with Crippen LogP contribution in [0.15, 0.2) is 18.2 Å². The van der Waals surface area contributed by atoms with Crippen molar-refractivity contribution in [3.8, 4) is 11.8 Å². The highest BCUT2D eigenvalue weighted by Crippen LogP contribution is 2.23. The average molecular weight is 240 g/mol. The van der Waals surface area contributed by atoms with Crippen molar-refractivity contribution in [3.63, 3.8) is 0 Å². The number of hydrogen-bond donors (Lipinski definition) is 0.